The lowest BCUT2D eigenvalue weighted by molar-refractivity contribution is 0.616. The fraction of sp³-hybridized carbons (Fsp3) is 0.200. The number of rotatable bonds is 3. The van der Waals surface area contributed by atoms with Gasteiger partial charge < -0.3 is 5.32 Å². The quantitative estimate of drug-likeness (QED) is 0.835. The van der Waals surface area contributed by atoms with Gasteiger partial charge in [0.15, 0.2) is 0 Å². The van der Waals surface area contributed by atoms with Crippen molar-refractivity contribution in [2.24, 2.45) is 0 Å². The Morgan fingerprint density at radius 1 is 1.06 bits per heavy atom. The molecule has 0 unspecified atom stereocenters. The Morgan fingerprint density at radius 3 is 2.35 bits per heavy atom. The molecule has 2 rings (SSSR count). The van der Waals surface area contributed by atoms with E-state index in [-0.39, 0.29) is 5.82 Å². The fourth-order valence-corrected chi connectivity index (χ4v) is 1.92. The minimum absolute atomic E-state index is 0.144. The summed E-state index contributed by atoms with van der Waals surface area (Å²) >= 11 is 0. The van der Waals surface area contributed by atoms with Crippen molar-refractivity contribution >= 4 is 5.69 Å². The Morgan fingerprint density at radius 2 is 1.76 bits per heavy atom. The second-order valence-electron chi connectivity index (χ2n) is 3.97. The van der Waals surface area contributed by atoms with Crippen LogP contribution in [0.3, 0.4) is 0 Å². The van der Waals surface area contributed by atoms with Gasteiger partial charge in [0, 0.05) is 7.05 Å². The zero-order chi connectivity index (χ0) is 12.3. The number of aryl methyl sites for hydroxylation is 1. The predicted octanol–water partition coefficient (Wildman–Crippen LogP) is 4.10. The van der Waals surface area contributed by atoms with E-state index >= 15 is 0 Å². The highest BCUT2D eigenvalue weighted by Gasteiger charge is 2.09. The summed E-state index contributed by atoms with van der Waals surface area (Å²) in [6, 6.07) is 13.8. The minimum atomic E-state index is -0.144. The SMILES string of the molecule is CCc1cc(-c2ccccc2)cc(NC)c1F. The molecular weight excluding hydrogens is 213 g/mol. The summed E-state index contributed by atoms with van der Waals surface area (Å²) in [5.74, 6) is -0.144. The lowest BCUT2D eigenvalue weighted by Gasteiger charge is -2.10. The van der Waals surface area contributed by atoms with Crippen molar-refractivity contribution in [1.29, 1.82) is 0 Å². The Kier molecular flexibility index (Phi) is 3.43. The highest BCUT2D eigenvalue weighted by atomic mass is 19.1. The van der Waals surface area contributed by atoms with Crippen molar-refractivity contribution in [2.75, 3.05) is 12.4 Å². The molecule has 0 atom stereocenters. The molecule has 0 aliphatic rings. The van der Waals surface area contributed by atoms with E-state index in [1.807, 2.05) is 49.4 Å². The number of benzene rings is 2. The number of anilines is 1. The number of hydrogen-bond acceptors (Lipinski definition) is 1. The highest BCUT2D eigenvalue weighted by Crippen LogP contribution is 2.27. The van der Waals surface area contributed by atoms with Crippen molar-refractivity contribution in [3.63, 3.8) is 0 Å². The predicted molar refractivity (Wildman–Crippen MR) is 70.8 cm³/mol. The topological polar surface area (TPSA) is 12.0 Å². The van der Waals surface area contributed by atoms with Gasteiger partial charge in [0.05, 0.1) is 5.69 Å². The van der Waals surface area contributed by atoms with Gasteiger partial charge in [-0.2, -0.15) is 0 Å². The maximum Gasteiger partial charge on any atom is 0.149 e. The highest BCUT2D eigenvalue weighted by molar-refractivity contribution is 5.69. The van der Waals surface area contributed by atoms with E-state index in [0.29, 0.717) is 12.1 Å². The van der Waals surface area contributed by atoms with E-state index in [4.69, 9.17) is 0 Å². The Balaban J connectivity index is 2.56. The van der Waals surface area contributed by atoms with Crippen molar-refractivity contribution < 1.29 is 4.39 Å². The van der Waals surface area contributed by atoms with Crippen molar-refractivity contribution in [2.45, 2.75) is 13.3 Å². The second kappa shape index (κ2) is 5.00. The van der Waals surface area contributed by atoms with Crippen LogP contribution in [-0.4, -0.2) is 7.05 Å². The zero-order valence-electron chi connectivity index (χ0n) is 10.1. The molecule has 0 aliphatic heterocycles. The molecule has 17 heavy (non-hydrogen) atoms. The van der Waals surface area contributed by atoms with Crippen molar-refractivity contribution in [3.05, 3.63) is 53.8 Å². The molecule has 1 nitrogen and oxygen atoms in total. The normalized spacial score (nSPS) is 10.3. The zero-order valence-corrected chi connectivity index (χ0v) is 10.1. The van der Waals surface area contributed by atoms with E-state index in [1.165, 1.54) is 0 Å². The third kappa shape index (κ3) is 2.31. The molecule has 0 amide bonds. The Bertz CT molecular complexity index is 481. The molecule has 0 spiro atoms. The molecule has 0 saturated heterocycles. The molecule has 88 valence electrons. The monoisotopic (exact) mass is 229 g/mol. The summed E-state index contributed by atoms with van der Waals surface area (Å²) in [6.45, 7) is 1.96. The van der Waals surface area contributed by atoms with Crippen LogP contribution < -0.4 is 5.32 Å². The molecule has 0 aliphatic carbocycles. The van der Waals surface area contributed by atoms with Gasteiger partial charge in [-0.25, -0.2) is 4.39 Å². The van der Waals surface area contributed by atoms with Crippen LogP contribution in [0, 0.1) is 5.82 Å². The third-order valence-corrected chi connectivity index (χ3v) is 2.91. The molecule has 2 aromatic rings. The molecule has 2 heteroatoms. The number of nitrogens with one attached hydrogen (secondary N) is 1. The summed E-state index contributed by atoms with van der Waals surface area (Å²) in [5, 5.41) is 2.91. The van der Waals surface area contributed by atoms with Gasteiger partial charge in [-0.1, -0.05) is 37.3 Å². The first-order valence-corrected chi connectivity index (χ1v) is 5.82. The summed E-state index contributed by atoms with van der Waals surface area (Å²) in [6.07, 6.45) is 0.696. The maximum absolute atomic E-state index is 13.9. The summed E-state index contributed by atoms with van der Waals surface area (Å²) in [5.41, 5.74) is 3.46. The molecule has 0 aromatic heterocycles. The minimum Gasteiger partial charge on any atom is -0.386 e. The first-order chi connectivity index (χ1) is 8.26. The van der Waals surface area contributed by atoms with E-state index in [0.717, 1.165) is 16.7 Å². The average Bonchev–Trinajstić information content (AvgIpc) is 2.40. The van der Waals surface area contributed by atoms with Gasteiger partial charge in [-0.15, -0.1) is 0 Å². The third-order valence-electron chi connectivity index (χ3n) is 2.91. The average molecular weight is 229 g/mol. The number of halogens is 1. The van der Waals surface area contributed by atoms with Crippen LogP contribution in [0.15, 0.2) is 42.5 Å². The van der Waals surface area contributed by atoms with Gasteiger partial charge in [0.1, 0.15) is 5.82 Å². The summed E-state index contributed by atoms with van der Waals surface area (Å²) in [7, 11) is 1.74. The van der Waals surface area contributed by atoms with E-state index in [2.05, 4.69) is 5.32 Å². The molecular formula is C15H16FN. The first kappa shape index (κ1) is 11.6. The Labute approximate surface area is 101 Å². The molecule has 0 heterocycles. The second-order valence-corrected chi connectivity index (χ2v) is 3.97. The molecule has 1 N–H and O–H groups in total. The van der Waals surface area contributed by atoms with E-state index < -0.39 is 0 Å². The number of hydrogen-bond donors (Lipinski definition) is 1. The first-order valence-electron chi connectivity index (χ1n) is 5.82. The van der Waals surface area contributed by atoms with Crippen LogP contribution in [-0.2, 0) is 6.42 Å². The van der Waals surface area contributed by atoms with Gasteiger partial charge in [0.2, 0.25) is 0 Å². The Hall–Kier alpha value is -1.83. The molecule has 0 radical (unpaired) electrons. The molecule has 0 fully saturated rings. The van der Waals surface area contributed by atoms with E-state index in [9.17, 15) is 4.39 Å². The standard InChI is InChI=1S/C15H16FN/c1-3-11-9-13(10-14(17-2)15(11)16)12-7-5-4-6-8-12/h4-10,17H,3H2,1-2H3. The van der Waals surface area contributed by atoms with Gasteiger partial charge in [-0.3, -0.25) is 0 Å². The summed E-state index contributed by atoms with van der Waals surface area (Å²) in [4.78, 5) is 0. The van der Waals surface area contributed by atoms with Crippen LogP contribution in [0.4, 0.5) is 10.1 Å². The van der Waals surface area contributed by atoms with Crippen LogP contribution in [0.2, 0.25) is 0 Å². The van der Waals surface area contributed by atoms with Gasteiger partial charge >= 0.3 is 0 Å². The van der Waals surface area contributed by atoms with Crippen LogP contribution in [0.25, 0.3) is 11.1 Å². The summed E-state index contributed by atoms with van der Waals surface area (Å²) < 4.78 is 13.9. The molecule has 0 saturated carbocycles. The van der Waals surface area contributed by atoms with Crippen LogP contribution in [0.1, 0.15) is 12.5 Å². The van der Waals surface area contributed by atoms with Crippen LogP contribution >= 0.6 is 0 Å². The lowest BCUT2D eigenvalue weighted by Crippen LogP contribution is -1.98. The lowest BCUT2D eigenvalue weighted by atomic mass is 10.0. The smallest absolute Gasteiger partial charge is 0.149 e. The van der Waals surface area contributed by atoms with E-state index in [1.54, 1.807) is 7.05 Å². The molecule has 0 bridgehead atoms. The fourth-order valence-electron chi connectivity index (χ4n) is 1.92. The van der Waals surface area contributed by atoms with Crippen LogP contribution in [0.5, 0.6) is 0 Å². The van der Waals surface area contributed by atoms with Crippen molar-refractivity contribution in [1.82, 2.24) is 0 Å². The van der Waals surface area contributed by atoms with Gasteiger partial charge in [0.25, 0.3) is 0 Å². The largest absolute Gasteiger partial charge is 0.386 e. The maximum atomic E-state index is 13.9. The van der Waals surface area contributed by atoms with Crippen molar-refractivity contribution in [3.8, 4) is 11.1 Å². The van der Waals surface area contributed by atoms with Gasteiger partial charge in [-0.05, 0) is 35.2 Å². The molecule has 2 aromatic carbocycles.